The van der Waals surface area contributed by atoms with Crippen LogP contribution in [0.5, 0.6) is 0 Å². The minimum atomic E-state index is -0.0668. The van der Waals surface area contributed by atoms with Gasteiger partial charge in [0.1, 0.15) is 5.82 Å². The van der Waals surface area contributed by atoms with Crippen LogP contribution in [0.1, 0.15) is 31.3 Å². The van der Waals surface area contributed by atoms with Crippen LogP contribution in [0.2, 0.25) is 0 Å². The van der Waals surface area contributed by atoms with Gasteiger partial charge >= 0.3 is 5.97 Å². The highest BCUT2D eigenvalue weighted by Crippen LogP contribution is 2.21. The highest BCUT2D eigenvalue weighted by molar-refractivity contribution is 5.72. The number of esters is 1. The van der Waals surface area contributed by atoms with Gasteiger partial charge in [-0.1, -0.05) is 0 Å². The zero-order valence-corrected chi connectivity index (χ0v) is 16.6. The minimum Gasteiger partial charge on any atom is -0.466 e. The lowest BCUT2D eigenvalue weighted by molar-refractivity contribution is -0.149. The lowest BCUT2D eigenvalue weighted by Gasteiger charge is -2.29. The van der Waals surface area contributed by atoms with Crippen LogP contribution in [0.25, 0.3) is 5.78 Å². The van der Waals surface area contributed by atoms with Crippen molar-refractivity contribution in [2.24, 2.45) is 5.92 Å². The van der Waals surface area contributed by atoms with Gasteiger partial charge in [-0.3, -0.25) is 9.69 Å². The van der Waals surface area contributed by atoms with Crippen molar-refractivity contribution in [3.63, 3.8) is 0 Å². The molecule has 2 saturated heterocycles. The van der Waals surface area contributed by atoms with E-state index in [4.69, 9.17) is 14.6 Å². The van der Waals surface area contributed by atoms with Gasteiger partial charge in [-0.05, 0) is 39.8 Å². The van der Waals surface area contributed by atoms with E-state index in [-0.39, 0.29) is 11.9 Å². The van der Waals surface area contributed by atoms with Gasteiger partial charge in [-0.2, -0.15) is 9.50 Å². The van der Waals surface area contributed by atoms with Gasteiger partial charge in [-0.15, -0.1) is 5.10 Å². The van der Waals surface area contributed by atoms with E-state index in [1.807, 2.05) is 18.4 Å². The highest BCUT2D eigenvalue weighted by Gasteiger charge is 2.27. The number of likely N-dealkylation sites (tertiary alicyclic amines) is 1. The quantitative estimate of drug-likeness (QED) is 0.703. The van der Waals surface area contributed by atoms with Gasteiger partial charge in [0.2, 0.25) is 0 Å². The van der Waals surface area contributed by atoms with Gasteiger partial charge in [0.25, 0.3) is 5.78 Å². The SMILES string of the molecule is CCOC(=O)C1CCN(Cc2nc3nc(C)cc(N4CCOCC4)n3n2)CC1. The summed E-state index contributed by atoms with van der Waals surface area (Å²) in [5, 5.41) is 4.73. The molecule has 0 N–H and O–H groups in total. The smallest absolute Gasteiger partial charge is 0.309 e. The summed E-state index contributed by atoms with van der Waals surface area (Å²) in [4.78, 5) is 25.7. The molecule has 0 bridgehead atoms. The second-order valence-electron chi connectivity index (χ2n) is 7.40. The number of aromatic nitrogens is 4. The second kappa shape index (κ2) is 8.40. The number of hydrogen-bond donors (Lipinski definition) is 0. The molecule has 4 heterocycles. The molecule has 28 heavy (non-hydrogen) atoms. The molecule has 0 amide bonds. The van der Waals surface area contributed by atoms with Gasteiger partial charge in [0.15, 0.2) is 5.82 Å². The van der Waals surface area contributed by atoms with E-state index in [9.17, 15) is 4.79 Å². The Kier molecular flexibility index (Phi) is 5.72. The zero-order chi connectivity index (χ0) is 19.5. The molecule has 2 aliphatic heterocycles. The second-order valence-corrected chi connectivity index (χ2v) is 7.40. The Morgan fingerprint density at radius 1 is 1.21 bits per heavy atom. The molecule has 9 heteroatoms. The molecule has 0 saturated carbocycles. The lowest BCUT2D eigenvalue weighted by Crippen LogP contribution is -2.37. The van der Waals surface area contributed by atoms with Crippen molar-refractivity contribution in [3.05, 3.63) is 17.6 Å². The highest BCUT2D eigenvalue weighted by atomic mass is 16.5. The van der Waals surface area contributed by atoms with Crippen LogP contribution in [0, 0.1) is 12.8 Å². The maximum Gasteiger partial charge on any atom is 0.309 e. The molecule has 4 rings (SSSR count). The molecule has 0 aromatic carbocycles. The average molecular weight is 388 g/mol. The summed E-state index contributed by atoms with van der Waals surface area (Å²) in [5.74, 6) is 2.37. The minimum absolute atomic E-state index is 0.0162. The summed E-state index contributed by atoms with van der Waals surface area (Å²) in [5.41, 5.74) is 0.934. The monoisotopic (exact) mass is 388 g/mol. The number of anilines is 1. The summed E-state index contributed by atoms with van der Waals surface area (Å²) < 4.78 is 12.5. The fourth-order valence-electron chi connectivity index (χ4n) is 3.88. The standard InChI is InChI=1S/C19H28N6O3/c1-3-28-18(26)15-4-6-23(7-5-15)13-16-21-19-20-14(2)12-17(25(19)22-16)24-8-10-27-11-9-24/h12,15H,3-11,13H2,1-2H3. The lowest BCUT2D eigenvalue weighted by atomic mass is 9.97. The van der Waals surface area contributed by atoms with Crippen LogP contribution < -0.4 is 4.90 Å². The molecule has 9 nitrogen and oxygen atoms in total. The van der Waals surface area contributed by atoms with Crippen LogP contribution in [0.15, 0.2) is 6.07 Å². The summed E-state index contributed by atoms with van der Waals surface area (Å²) >= 11 is 0. The van der Waals surface area contributed by atoms with Crippen molar-refractivity contribution in [1.29, 1.82) is 0 Å². The van der Waals surface area contributed by atoms with Gasteiger partial charge in [0.05, 0.1) is 32.3 Å². The first-order valence-electron chi connectivity index (χ1n) is 10.1. The topological polar surface area (TPSA) is 85.1 Å². The molecule has 0 atom stereocenters. The Bertz CT molecular complexity index is 824. The van der Waals surface area contributed by atoms with Crippen molar-refractivity contribution < 1.29 is 14.3 Å². The van der Waals surface area contributed by atoms with Crippen LogP contribution in [0.4, 0.5) is 5.82 Å². The Morgan fingerprint density at radius 2 is 1.96 bits per heavy atom. The van der Waals surface area contributed by atoms with Gasteiger partial charge in [0, 0.05) is 24.8 Å². The van der Waals surface area contributed by atoms with Crippen LogP contribution >= 0.6 is 0 Å². The van der Waals surface area contributed by atoms with E-state index in [1.54, 1.807) is 0 Å². The molecule has 2 aromatic heterocycles. The first-order valence-corrected chi connectivity index (χ1v) is 10.1. The van der Waals surface area contributed by atoms with Crippen molar-refractivity contribution in [3.8, 4) is 0 Å². The van der Waals surface area contributed by atoms with E-state index < -0.39 is 0 Å². The summed E-state index contributed by atoms with van der Waals surface area (Å²) in [6, 6.07) is 2.06. The number of nitrogens with zero attached hydrogens (tertiary/aromatic N) is 6. The molecule has 0 aliphatic carbocycles. The van der Waals surface area contributed by atoms with E-state index in [2.05, 4.69) is 25.8 Å². The third-order valence-electron chi connectivity index (χ3n) is 5.37. The number of morpholine rings is 1. The fourth-order valence-corrected chi connectivity index (χ4v) is 3.88. The summed E-state index contributed by atoms with van der Waals surface area (Å²) in [6.45, 7) is 9.78. The summed E-state index contributed by atoms with van der Waals surface area (Å²) in [7, 11) is 0. The number of carbonyl (C=O) groups excluding carboxylic acids is 1. The van der Waals surface area contributed by atoms with Crippen LogP contribution in [-0.4, -0.2) is 76.5 Å². The molecule has 2 aromatic rings. The molecule has 2 aliphatic rings. The number of aryl methyl sites for hydroxylation is 1. The fraction of sp³-hybridized carbons (Fsp3) is 0.684. The summed E-state index contributed by atoms with van der Waals surface area (Å²) in [6.07, 6.45) is 1.64. The van der Waals surface area contributed by atoms with Gasteiger partial charge < -0.3 is 14.4 Å². The third-order valence-corrected chi connectivity index (χ3v) is 5.37. The van der Waals surface area contributed by atoms with E-state index >= 15 is 0 Å². The number of ether oxygens (including phenoxy) is 2. The number of carbonyl (C=O) groups is 1. The Labute approximate surface area is 164 Å². The molecule has 0 radical (unpaired) electrons. The van der Waals surface area contributed by atoms with E-state index in [1.165, 1.54) is 0 Å². The Balaban J connectivity index is 1.46. The first kappa shape index (κ1) is 19.1. The predicted molar refractivity (Wildman–Crippen MR) is 103 cm³/mol. The number of piperidine rings is 1. The van der Waals surface area contributed by atoms with Crippen molar-refractivity contribution in [1.82, 2.24) is 24.5 Å². The Hall–Kier alpha value is -2.26. The maximum absolute atomic E-state index is 11.9. The molecule has 152 valence electrons. The van der Waals surface area contributed by atoms with Crippen LogP contribution in [0.3, 0.4) is 0 Å². The normalized spacial score (nSPS) is 19.3. The first-order chi connectivity index (χ1) is 13.6. The van der Waals surface area contributed by atoms with E-state index in [0.717, 1.165) is 69.6 Å². The number of rotatable bonds is 5. The zero-order valence-electron chi connectivity index (χ0n) is 16.6. The number of fused-ring (bicyclic) bond motifs is 1. The molecular weight excluding hydrogens is 360 g/mol. The number of hydrogen-bond acceptors (Lipinski definition) is 8. The Morgan fingerprint density at radius 3 is 2.68 bits per heavy atom. The molecule has 0 spiro atoms. The largest absolute Gasteiger partial charge is 0.466 e. The van der Waals surface area contributed by atoms with Crippen molar-refractivity contribution in [2.75, 3.05) is 50.9 Å². The average Bonchev–Trinajstić information content (AvgIpc) is 3.10. The van der Waals surface area contributed by atoms with Crippen LogP contribution in [-0.2, 0) is 20.8 Å². The maximum atomic E-state index is 11.9. The van der Waals surface area contributed by atoms with Gasteiger partial charge in [-0.25, -0.2) is 4.98 Å². The van der Waals surface area contributed by atoms with E-state index in [0.29, 0.717) is 18.9 Å². The predicted octanol–water partition coefficient (Wildman–Crippen LogP) is 1.04. The van der Waals surface area contributed by atoms with Crippen molar-refractivity contribution >= 4 is 17.6 Å². The molecular formula is C19H28N6O3. The third kappa shape index (κ3) is 4.10. The molecule has 2 fully saturated rings. The van der Waals surface area contributed by atoms with Crippen molar-refractivity contribution in [2.45, 2.75) is 33.2 Å². The molecule has 0 unspecified atom stereocenters.